The van der Waals surface area contributed by atoms with Gasteiger partial charge in [-0.3, -0.25) is 9.59 Å². The first-order chi connectivity index (χ1) is 7.91. The number of hydrogen-bond donors (Lipinski definition) is 0. The molecule has 2 atom stereocenters. The van der Waals surface area contributed by atoms with Crippen molar-refractivity contribution in [1.29, 1.82) is 0 Å². The molecule has 0 spiro atoms. The zero-order valence-electron chi connectivity index (χ0n) is 10.4. The Morgan fingerprint density at radius 3 is 1.53 bits per heavy atom. The number of esters is 2. The van der Waals surface area contributed by atoms with Crippen LogP contribution in [0.3, 0.4) is 0 Å². The first kappa shape index (κ1) is 15.8. The van der Waals surface area contributed by atoms with Crippen molar-refractivity contribution >= 4 is 11.9 Å². The molecule has 0 aromatic heterocycles. The summed E-state index contributed by atoms with van der Waals surface area (Å²) in [5.74, 6) is -0.866. The maximum atomic E-state index is 10.5. The van der Waals surface area contributed by atoms with Crippen LogP contribution in [-0.2, 0) is 33.3 Å². The van der Waals surface area contributed by atoms with Crippen molar-refractivity contribution in [2.24, 2.45) is 0 Å². The van der Waals surface area contributed by atoms with Crippen LogP contribution in [0, 0.1) is 0 Å². The smallest absolute Gasteiger partial charge is 0.304 e. The van der Waals surface area contributed by atoms with Gasteiger partial charge in [0.15, 0.2) is 13.6 Å². The van der Waals surface area contributed by atoms with E-state index < -0.39 is 24.5 Å². The van der Waals surface area contributed by atoms with E-state index >= 15 is 0 Å². The van der Waals surface area contributed by atoms with Crippen LogP contribution in [0.2, 0.25) is 0 Å². The largest absolute Gasteiger partial charge is 0.436 e. The molecule has 7 nitrogen and oxygen atoms in total. The average Bonchev–Trinajstić information content (AvgIpc) is 2.14. The molecule has 0 rings (SSSR count). The molecule has 2 unspecified atom stereocenters. The summed E-state index contributed by atoms with van der Waals surface area (Å²) in [4.78, 5) is 21.0. The third kappa shape index (κ3) is 11.1. The van der Waals surface area contributed by atoms with Crippen LogP contribution >= 0.6 is 0 Å². The van der Waals surface area contributed by atoms with Gasteiger partial charge in [0, 0.05) is 13.8 Å². The zero-order valence-corrected chi connectivity index (χ0v) is 10.4. The zero-order chi connectivity index (χ0) is 13.3. The lowest BCUT2D eigenvalue weighted by atomic mass is 10.7. The van der Waals surface area contributed by atoms with E-state index in [1.165, 1.54) is 13.8 Å². The molecule has 17 heavy (non-hydrogen) atoms. The quantitative estimate of drug-likeness (QED) is 0.357. The highest BCUT2D eigenvalue weighted by atomic mass is 16.8. The summed E-state index contributed by atoms with van der Waals surface area (Å²) in [5, 5.41) is 0. The molecule has 7 heteroatoms. The van der Waals surface area contributed by atoms with E-state index in [1.807, 2.05) is 0 Å². The van der Waals surface area contributed by atoms with E-state index in [-0.39, 0.29) is 13.6 Å². The fourth-order valence-electron chi connectivity index (χ4n) is 0.857. The minimum atomic E-state index is -0.682. The Kier molecular flexibility index (Phi) is 8.29. The number of carbonyl (C=O) groups excluding carboxylic acids is 2. The van der Waals surface area contributed by atoms with Gasteiger partial charge in [-0.25, -0.2) is 0 Å². The van der Waals surface area contributed by atoms with Crippen molar-refractivity contribution in [1.82, 2.24) is 0 Å². The molecule has 0 aliphatic carbocycles. The van der Waals surface area contributed by atoms with Crippen LogP contribution in [0.1, 0.15) is 27.7 Å². The van der Waals surface area contributed by atoms with Gasteiger partial charge in [-0.05, 0) is 13.8 Å². The maximum Gasteiger partial charge on any atom is 0.304 e. The van der Waals surface area contributed by atoms with Crippen LogP contribution < -0.4 is 0 Å². The van der Waals surface area contributed by atoms with E-state index in [0.29, 0.717) is 0 Å². The molecule has 0 aromatic carbocycles. The molecule has 0 aliphatic heterocycles. The van der Waals surface area contributed by atoms with Gasteiger partial charge in [-0.1, -0.05) is 0 Å². The first-order valence-electron chi connectivity index (χ1n) is 5.07. The van der Waals surface area contributed by atoms with Crippen molar-refractivity contribution in [3.05, 3.63) is 0 Å². The molecule has 0 aliphatic rings. The second-order valence-electron chi connectivity index (χ2n) is 3.13. The Balaban J connectivity index is 3.39. The summed E-state index contributed by atoms with van der Waals surface area (Å²) >= 11 is 0. The second-order valence-corrected chi connectivity index (χ2v) is 3.13. The lowest BCUT2D eigenvalue weighted by molar-refractivity contribution is -0.233. The number of carbonyl (C=O) groups is 2. The third-order valence-corrected chi connectivity index (χ3v) is 1.44. The molecule has 0 saturated carbocycles. The van der Waals surface area contributed by atoms with Gasteiger partial charge < -0.3 is 23.7 Å². The molecule has 0 N–H and O–H groups in total. The van der Waals surface area contributed by atoms with Crippen molar-refractivity contribution in [3.63, 3.8) is 0 Å². The van der Waals surface area contributed by atoms with Gasteiger partial charge in [-0.2, -0.15) is 0 Å². The van der Waals surface area contributed by atoms with Gasteiger partial charge in [-0.15, -0.1) is 0 Å². The highest BCUT2D eigenvalue weighted by Crippen LogP contribution is 1.97. The van der Waals surface area contributed by atoms with Gasteiger partial charge in [0.1, 0.15) is 0 Å². The fraction of sp³-hybridized carbons (Fsp3) is 0.800. The van der Waals surface area contributed by atoms with Crippen molar-refractivity contribution in [3.8, 4) is 0 Å². The van der Waals surface area contributed by atoms with Crippen LogP contribution in [0.4, 0.5) is 0 Å². The summed E-state index contributed by atoms with van der Waals surface area (Å²) in [7, 11) is 0. The first-order valence-corrected chi connectivity index (χ1v) is 5.07. The van der Waals surface area contributed by atoms with Gasteiger partial charge in [0.25, 0.3) is 0 Å². The van der Waals surface area contributed by atoms with Crippen LogP contribution in [0.5, 0.6) is 0 Å². The molecule has 100 valence electrons. The van der Waals surface area contributed by atoms with Gasteiger partial charge in [0.05, 0.1) is 0 Å². The highest BCUT2D eigenvalue weighted by Gasteiger charge is 2.06. The highest BCUT2D eigenvalue weighted by molar-refractivity contribution is 5.66. The van der Waals surface area contributed by atoms with Crippen molar-refractivity contribution < 1.29 is 33.3 Å². The summed E-state index contributed by atoms with van der Waals surface area (Å²) in [6, 6.07) is 0. The molecule has 0 heterocycles. The molecule has 0 saturated heterocycles. The van der Waals surface area contributed by atoms with E-state index in [4.69, 9.17) is 14.2 Å². The summed E-state index contributed by atoms with van der Waals surface area (Å²) in [6.45, 7) is 5.50. The van der Waals surface area contributed by atoms with E-state index in [1.54, 1.807) is 13.8 Å². The standard InChI is InChI=1S/C10H18O7/c1-7(11)16-9(3)14-5-13-6-15-10(4)17-8(2)12/h9-10H,5-6H2,1-4H3. The predicted octanol–water partition coefficient (Wildman–Crippen LogP) is 0.769. The Labute approximate surface area is 99.9 Å². The van der Waals surface area contributed by atoms with E-state index in [9.17, 15) is 9.59 Å². The molecule has 0 radical (unpaired) electrons. The molecule has 0 fully saturated rings. The normalized spacial score (nSPS) is 13.9. The van der Waals surface area contributed by atoms with Crippen LogP contribution in [-0.4, -0.2) is 38.1 Å². The third-order valence-electron chi connectivity index (χ3n) is 1.44. The molecule has 0 amide bonds. The molecular formula is C10H18O7. The molecule has 0 aromatic rings. The van der Waals surface area contributed by atoms with Crippen LogP contribution in [0.25, 0.3) is 0 Å². The van der Waals surface area contributed by atoms with Gasteiger partial charge in [0.2, 0.25) is 12.6 Å². The van der Waals surface area contributed by atoms with Crippen LogP contribution in [0.15, 0.2) is 0 Å². The van der Waals surface area contributed by atoms with E-state index in [0.717, 1.165) is 0 Å². The van der Waals surface area contributed by atoms with E-state index in [2.05, 4.69) is 9.47 Å². The Morgan fingerprint density at radius 1 is 0.882 bits per heavy atom. The fourth-order valence-corrected chi connectivity index (χ4v) is 0.857. The lowest BCUT2D eigenvalue weighted by Gasteiger charge is -2.15. The number of ether oxygens (including phenoxy) is 5. The van der Waals surface area contributed by atoms with Gasteiger partial charge >= 0.3 is 11.9 Å². The molecular weight excluding hydrogens is 232 g/mol. The minimum Gasteiger partial charge on any atom is -0.436 e. The summed E-state index contributed by atoms with van der Waals surface area (Å²) in [6.07, 6.45) is -1.36. The van der Waals surface area contributed by atoms with Crippen molar-refractivity contribution in [2.45, 2.75) is 40.3 Å². The summed E-state index contributed by atoms with van der Waals surface area (Å²) < 4.78 is 24.2. The van der Waals surface area contributed by atoms with Crippen molar-refractivity contribution in [2.75, 3.05) is 13.6 Å². The Morgan fingerprint density at radius 2 is 1.24 bits per heavy atom. The predicted molar refractivity (Wildman–Crippen MR) is 55.4 cm³/mol. The topological polar surface area (TPSA) is 80.3 Å². The SMILES string of the molecule is CC(=O)OC(C)OCOCOC(C)OC(C)=O. The Hall–Kier alpha value is -1.18. The minimum absolute atomic E-state index is 0.0960. The monoisotopic (exact) mass is 250 g/mol. The molecule has 0 bridgehead atoms. The summed E-state index contributed by atoms with van der Waals surface area (Å²) in [5.41, 5.74) is 0. The number of rotatable bonds is 8. The average molecular weight is 250 g/mol. The maximum absolute atomic E-state index is 10.5. The number of hydrogen-bond acceptors (Lipinski definition) is 7. The lowest BCUT2D eigenvalue weighted by Crippen LogP contribution is -2.21. The Bertz CT molecular complexity index is 217. The second kappa shape index (κ2) is 8.91.